The molecule has 0 radical (unpaired) electrons. The summed E-state index contributed by atoms with van der Waals surface area (Å²) >= 11 is 5.37. The third kappa shape index (κ3) is 4.37. The molecule has 1 rings (SSSR count). The molecule has 0 saturated carbocycles. The Morgan fingerprint density at radius 3 is 2.56 bits per heavy atom. The number of piperidine rings is 1. The van der Waals surface area contributed by atoms with Gasteiger partial charge in [-0.25, -0.2) is 9.59 Å². The van der Waals surface area contributed by atoms with E-state index in [1.54, 1.807) is 20.8 Å². The lowest BCUT2D eigenvalue weighted by molar-refractivity contribution is -0.149. The van der Waals surface area contributed by atoms with Gasteiger partial charge < -0.3 is 9.47 Å². The Hall–Kier alpha value is -0.970. The van der Waals surface area contributed by atoms with E-state index in [1.807, 2.05) is 0 Å². The van der Waals surface area contributed by atoms with Gasteiger partial charge in [0.25, 0.3) is 0 Å². The number of hydrogen-bond acceptors (Lipinski definition) is 4. The summed E-state index contributed by atoms with van der Waals surface area (Å²) in [5.74, 6) is -0.462. The second-order valence-corrected chi connectivity index (χ2v) is 5.48. The van der Waals surface area contributed by atoms with Gasteiger partial charge in [0.1, 0.15) is 11.6 Å². The quantitative estimate of drug-likeness (QED) is 0.575. The third-order valence-corrected chi connectivity index (χ3v) is 2.71. The normalized spacial score (nSPS) is 20.4. The molecule has 1 unspecified atom stereocenters. The number of halogens is 1. The lowest BCUT2D eigenvalue weighted by Crippen LogP contribution is -2.50. The highest BCUT2D eigenvalue weighted by molar-refractivity contribution is 6.17. The summed E-state index contributed by atoms with van der Waals surface area (Å²) in [5.41, 5.74) is -0.574. The van der Waals surface area contributed by atoms with E-state index in [1.165, 1.54) is 4.90 Å². The molecule has 0 N–H and O–H groups in total. The predicted molar refractivity (Wildman–Crippen MR) is 67.4 cm³/mol. The summed E-state index contributed by atoms with van der Waals surface area (Å²) in [6.45, 7) is 5.89. The van der Waals surface area contributed by atoms with Crippen LogP contribution in [0.5, 0.6) is 0 Å². The zero-order valence-electron chi connectivity index (χ0n) is 11.1. The molecule has 1 aliphatic rings. The van der Waals surface area contributed by atoms with Crippen LogP contribution in [0.2, 0.25) is 0 Å². The minimum Gasteiger partial charge on any atom is -0.448 e. The zero-order chi connectivity index (χ0) is 13.8. The number of nitrogens with zero attached hydrogens (tertiary/aromatic N) is 1. The van der Waals surface area contributed by atoms with Crippen LogP contribution in [0, 0.1) is 0 Å². The van der Waals surface area contributed by atoms with Crippen molar-refractivity contribution in [3.05, 3.63) is 0 Å². The number of rotatable bonds is 2. The molecule has 0 aromatic carbocycles. The Morgan fingerprint density at radius 1 is 1.33 bits per heavy atom. The van der Waals surface area contributed by atoms with Crippen LogP contribution in [-0.2, 0) is 14.3 Å². The molecule has 18 heavy (non-hydrogen) atoms. The average Bonchev–Trinajstić information content (AvgIpc) is 2.27. The number of carbonyl (C=O) groups is 2. The van der Waals surface area contributed by atoms with Crippen LogP contribution in [0.15, 0.2) is 0 Å². The Kier molecular flexibility index (Phi) is 5.26. The molecule has 5 nitrogen and oxygen atoms in total. The molecule has 0 aliphatic carbocycles. The number of amides is 1. The van der Waals surface area contributed by atoms with Crippen LogP contribution >= 0.6 is 11.6 Å². The minimum atomic E-state index is -0.577. The molecule has 1 amide bonds. The summed E-state index contributed by atoms with van der Waals surface area (Å²) in [5, 5.41) is 0. The highest BCUT2D eigenvalue weighted by Crippen LogP contribution is 2.21. The van der Waals surface area contributed by atoms with Gasteiger partial charge in [-0.3, -0.25) is 4.90 Å². The first-order valence-corrected chi connectivity index (χ1v) is 6.61. The van der Waals surface area contributed by atoms with Crippen molar-refractivity contribution in [1.82, 2.24) is 4.90 Å². The number of likely N-dealkylation sites (tertiary alicyclic amines) is 1. The maximum absolute atomic E-state index is 12.0. The van der Waals surface area contributed by atoms with Crippen LogP contribution in [0.3, 0.4) is 0 Å². The fraction of sp³-hybridized carbons (Fsp3) is 0.833. The second kappa shape index (κ2) is 6.27. The highest BCUT2D eigenvalue weighted by atomic mass is 35.5. The first-order valence-electron chi connectivity index (χ1n) is 6.07. The first kappa shape index (κ1) is 15.1. The van der Waals surface area contributed by atoms with Crippen molar-refractivity contribution in [2.45, 2.75) is 51.7 Å². The molecule has 0 aromatic rings. The Balaban J connectivity index is 2.70. The lowest BCUT2D eigenvalue weighted by atomic mass is 10.0. The summed E-state index contributed by atoms with van der Waals surface area (Å²) in [4.78, 5) is 25.2. The van der Waals surface area contributed by atoms with Crippen molar-refractivity contribution in [3.8, 4) is 0 Å². The van der Waals surface area contributed by atoms with Crippen molar-refractivity contribution < 1.29 is 19.1 Å². The fourth-order valence-electron chi connectivity index (χ4n) is 1.87. The minimum absolute atomic E-state index is 0.197. The monoisotopic (exact) mass is 277 g/mol. The van der Waals surface area contributed by atoms with Gasteiger partial charge in [-0.1, -0.05) is 11.6 Å². The maximum Gasteiger partial charge on any atom is 0.411 e. The number of alkyl halides is 1. The summed E-state index contributed by atoms with van der Waals surface area (Å²) < 4.78 is 10.1. The topological polar surface area (TPSA) is 55.8 Å². The van der Waals surface area contributed by atoms with Crippen LogP contribution in [0.25, 0.3) is 0 Å². The molecule has 104 valence electrons. The van der Waals surface area contributed by atoms with Gasteiger partial charge in [-0.15, -0.1) is 0 Å². The van der Waals surface area contributed by atoms with Gasteiger partial charge in [0.05, 0.1) is 0 Å². The highest BCUT2D eigenvalue weighted by Gasteiger charge is 2.35. The fourth-order valence-corrected chi connectivity index (χ4v) is 1.97. The van der Waals surface area contributed by atoms with Gasteiger partial charge in [0.2, 0.25) is 0 Å². The van der Waals surface area contributed by atoms with Gasteiger partial charge in [0, 0.05) is 6.54 Å². The van der Waals surface area contributed by atoms with Crippen LogP contribution < -0.4 is 0 Å². The summed E-state index contributed by atoms with van der Waals surface area (Å²) in [7, 11) is 0. The van der Waals surface area contributed by atoms with E-state index >= 15 is 0 Å². The van der Waals surface area contributed by atoms with E-state index in [2.05, 4.69) is 0 Å². The zero-order valence-corrected chi connectivity index (χ0v) is 11.8. The van der Waals surface area contributed by atoms with Gasteiger partial charge in [0.15, 0.2) is 6.07 Å². The van der Waals surface area contributed by atoms with Gasteiger partial charge >= 0.3 is 12.1 Å². The smallest absolute Gasteiger partial charge is 0.411 e. The van der Waals surface area contributed by atoms with Gasteiger partial charge in [-0.05, 0) is 40.0 Å². The Bertz CT molecular complexity index is 314. The Morgan fingerprint density at radius 2 is 2.00 bits per heavy atom. The molecule has 1 heterocycles. The average molecular weight is 278 g/mol. The van der Waals surface area contributed by atoms with E-state index in [0.717, 1.165) is 12.8 Å². The van der Waals surface area contributed by atoms with Crippen molar-refractivity contribution in [2.75, 3.05) is 12.6 Å². The van der Waals surface area contributed by atoms with Crippen LogP contribution in [-0.4, -0.2) is 41.2 Å². The molecule has 0 aromatic heterocycles. The molecule has 0 bridgehead atoms. The van der Waals surface area contributed by atoms with E-state index in [0.29, 0.717) is 13.0 Å². The van der Waals surface area contributed by atoms with E-state index in [9.17, 15) is 9.59 Å². The maximum atomic E-state index is 12.0. The van der Waals surface area contributed by atoms with Crippen LogP contribution in [0.1, 0.15) is 40.0 Å². The second-order valence-electron chi connectivity index (χ2n) is 5.26. The van der Waals surface area contributed by atoms with E-state index in [4.69, 9.17) is 21.1 Å². The number of esters is 1. The molecular formula is C12H20ClNO4. The number of hydrogen-bond donors (Lipinski definition) is 0. The van der Waals surface area contributed by atoms with Crippen molar-refractivity contribution in [3.63, 3.8) is 0 Å². The van der Waals surface area contributed by atoms with Crippen molar-refractivity contribution >= 4 is 23.7 Å². The van der Waals surface area contributed by atoms with Crippen LogP contribution in [0.4, 0.5) is 4.79 Å². The Labute approximate surface area is 112 Å². The summed E-state index contributed by atoms with van der Waals surface area (Å²) in [6, 6.07) is -0.773. The number of carbonyl (C=O) groups excluding carboxylic acids is 2. The molecule has 1 aliphatic heterocycles. The molecule has 0 spiro atoms. The third-order valence-electron chi connectivity index (χ3n) is 2.60. The number of ether oxygens (including phenoxy) is 2. The summed E-state index contributed by atoms with van der Waals surface area (Å²) in [6.07, 6.45) is 1.87. The largest absolute Gasteiger partial charge is 0.448 e. The predicted octanol–water partition coefficient (Wildman–Crippen LogP) is 2.52. The standard InChI is InChI=1S/C12H20ClNO4/c1-12(2,3)18-11(16)14-7-5-4-6-9(14)10(15)17-8-13/h9H,4-8H2,1-3H3. The first-order chi connectivity index (χ1) is 8.35. The van der Waals surface area contributed by atoms with E-state index in [-0.39, 0.29) is 6.07 Å². The van der Waals surface area contributed by atoms with Crippen molar-refractivity contribution in [1.29, 1.82) is 0 Å². The lowest BCUT2D eigenvalue weighted by Gasteiger charge is -2.35. The molecule has 1 fully saturated rings. The SMILES string of the molecule is CC(C)(C)OC(=O)N1CCCCC1C(=O)OCCl. The molecule has 1 atom stereocenters. The van der Waals surface area contributed by atoms with Gasteiger partial charge in [-0.2, -0.15) is 0 Å². The van der Waals surface area contributed by atoms with Crippen molar-refractivity contribution in [2.24, 2.45) is 0 Å². The van der Waals surface area contributed by atoms with E-state index < -0.39 is 23.7 Å². The molecule has 1 saturated heterocycles. The molecule has 6 heteroatoms. The molecular weight excluding hydrogens is 258 g/mol.